The fourth-order valence-corrected chi connectivity index (χ4v) is 3.79. The van der Waals surface area contributed by atoms with Crippen LogP contribution in [0.5, 0.6) is 0 Å². The van der Waals surface area contributed by atoms with Gasteiger partial charge in [-0.2, -0.15) is 11.1 Å². The Morgan fingerprint density at radius 1 is 0.909 bits per heavy atom. The van der Waals surface area contributed by atoms with Crippen molar-refractivity contribution in [1.29, 1.82) is 0 Å². The van der Waals surface area contributed by atoms with Gasteiger partial charge in [0, 0.05) is 0 Å². The molecule has 0 spiro atoms. The van der Waals surface area contributed by atoms with Crippen molar-refractivity contribution in [2.45, 2.75) is 60.6 Å². The Morgan fingerprint density at radius 2 is 1.42 bits per heavy atom. The second-order valence-electron chi connectivity index (χ2n) is 8.88. The fraction of sp³-hybridized carbons (Fsp3) is 0.345. The number of rotatable bonds is 2. The van der Waals surface area contributed by atoms with Crippen LogP contribution in [0.4, 0.5) is 0 Å². The first-order valence-electron chi connectivity index (χ1n) is 11.2. The van der Waals surface area contributed by atoms with Crippen molar-refractivity contribution in [3.63, 3.8) is 0 Å². The molecule has 33 heavy (non-hydrogen) atoms. The molecule has 4 rings (SSSR count). The molecule has 1 unspecified atom stereocenters. The summed E-state index contributed by atoms with van der Waals surface area (Å²) in [6.45, 7) is 17.8. The van der Waals surface area contributed by atoms with Gasteiger partial charge in [-0.3, -0.25) is 6.08 Å². The summed E-state index contributed by atoms with van der Waals surface area (Å²) in [5.74, 6) is 1.11. The van der Waals surface area contributed by atoms with Gasteiger partial charge in [-0.15, -0.1) is 53.1 Å². The van der Waals surface area contributed by atoms with E-state index in [0.717, 1.165) is 0 Å². The number of allylic oxidation sites excluding steroid dienone is 4. The molecule has 0 fully saturated rings. The number of benzene rings is 2. The third-order valence-corrected chi connectivity index (χ3v) is 5.75. The van der Waals surface area contributed by atoms with E-state index in [1.165, 1.54) is 44.2 Å². The minimum absolute atomic E-state index is 0. The third kappa shape index (κ3) is 9.06. The Balaban J connectivity index is 0.000000580. The van der Waals surface area contributed by atoms with Crippen molar-refractivity contribution in [1.82, 2.24) is 0 Å². The maximum Gasteiger partial charge on any atom is -1.00 e. The fourth-order valence-electron chi connectivity index (χ4n) is 3.79. The third-order valence-electron chi connectivity index (χ3n) is 5.75. The summed E-state index contributed by atoms with van der Waals surface area (Å²) in [7, 11) is 0. The van der Waals surface area contributed by atoms with Crippen LogP contribution in [0.1, 0.15) is 53.0 Å². The van der Waals surface area contributed by atoms with Gasteiger partial charge in [0.05, 0.1) is 0 Å². The normalized spacial score (nSPS) is 14.4. The van der Waals surface area contributed by atoms with Crippen LogP contribution in [0.3, 0.4) is 0 Å². The predicted molar refractivity (Wildman–Crippen MR) is 137 cm³/mol. The smallest absolute Gasteiger partial charge is 1.00 e. The monoisotopic (exact) mass is 572 g/mol. The molecule has 3 aromatic rings. The van der Waals surface area contributed by atoms with E-state index in [0.29, 0.717) is 11.8 Å². The van der Waals surface area contributed by atoms with Crippen molar-refractivity contribution in [2.24, 2.45) is 5.92 Å². The summed E-state index contributed by atoms with van der Waals surface area (Å²) in [4.78, 5) is 0. The van der Waals surface area contributed by atoms with Crippen LogP contribution in [0.15, 0.2) is 77.4 Å². The summed E-state index contributed by atoms with van der Waals surface area (Å²) < 4.78 is 0. The first-order chi connectivity index (χ1) is 14.6. The molecular weight excluding hydrogens is 539 g/mol. The maximum atomic E-state index is 3.36. The Morgan fingerprint density at radius 3 is 1.85 bits per heavy atom. The van der Waals surface area contributed by atoms with E-state index >= 15 is 0 Å². The van der Waals surface area contributed by atoms with E-state index in [1.807, 2.05) is 0 Å². The zero-order valence-corrected chi connectivity index (χ0v) is 26.2. The van der Waals surface area contributed by atoms with Crippen molar-refractivity contribution >= 4 is 16.2 Å². The SMILES string of the molecule is CC(C)c1[cH-]c2ccccc2c1-c1ccccc1.CC1=[C-]C(C)C(C)=C1C.C[Si](C)=[Zr+2].[Cl-].[Cl-]. The number of hydrogen-bond donors (Lipinski definition) is 0. The van der Waals surface area contributed by atoms with Crippen LogP contribution in [-0.4, -0.2) is 5.43 Å². The molecule has 1 atom stereocenters. The van der Waals surface area contributed by atoms with E-state index in [-0.39, 0.29) is 30.2 Å². The van der Waals surface area contributed by atoms with E-state index in [2.05, 4.69) is 121 Å². The molecule has 1 aliphatic carbocycles. The van der Waals surface area contributed by atoms with Gasteiger partial charge in [-0.1, -0.05) is 82.5 Å². The molecule has 0 nitrogen and oxygen atoms in total. The van der Waals surface area contributed by atoms with Gasteiger partial charge in [-0.25, -0.2) is 5.57 Å². The zero-order chi connectivity index (χ0) is 23.1. The minimum Gasteiger partial charge on any atom is -1.00 e. The Labute approximate surface area is 229 Å². The minimum atomic E-state index is 0. The average molecular weight is 575 g/mol. The second kappa shape index (κ2) is 15.3. The Bertz CT molecular complexity index is 1090. The van der Waals surface area contributed by atoms with Gasteiger partial charge in [0.25, 0.3) is 0 Å². The molecule has 0 saturated carbocycles. The largest absolute Gasteiger partial charge is 1.00 e. The molecule has 0 aromatic heterocycles. The molecule has 0 aliphatic heterocycles. The molecule has 1 aliphatic rings. The van der Waals surface area contributed by atoms with Crippen molar-refractivity contribution < 1.29 is 48.1 Å². The molecule has 0 N–H and O–H groups in total. The van der Waals surface area contributed by atoms with Crippen molar-refractivity contribution in [2.75, 3.05) is 0 Å². The average Bonchev–Trinajstić information content (AvgIpc) is 3.22. The number of hydrogen-bond acceptors (Lipinski definition) is 0. The van der Waals surface area contributed by atoms with Gasteiger partial charge in [0.2, 0.25) is 0 Å². The van der Waals surface area contributed by atoms with Gasteiger partial charge in [0.15, 0.2) is 0 Å². The van der Waals surface area contributed by atoms with Gasteiger partial charge < -0.3 is 24.8 Å². The first-order valence-corrected chi connectivity index (χ1v) is 17.4. The molecule has 0 amide bonds. The van der Waals surface area contributed by atoms with E-state index in [4.69, 9.17) is 0 Å². The van der Waals surface area contributed by atoms with Crippen LogP contribution in [0.2, 0.25) is 13.1 Å². The Hall–Kier alpha value is -0.790. The van der Waals surface area contributed by atoms with Crippen molar-refractivity contribution in [3.05, 3.63) is 89.0 Å². The van der Waals surface area contributed by atoms with E-state index in [1.54, 1.807) is 23.3 Å². The van der Waals surface area contributed by atoms with E-state index in [9.17, 15) is 0 Å². The molecule has 0 bridgehead atoms. The molecule has 4 heteroatoms. The molecule has 0 radical (unpaired) electrons. The van der Waals surface area contributed by atoms with Crippen LogP contribution >= 0.6 is 0 Å². The van der Waals surface area contributed by atoms with Crippen LogP contribution in [0, 0.1) is 12.0 Å². The standard InChI is InChI=1S/C18H17.C9H13.C2H6Si.2ClH.Zr/c1-13(2)17-12-15-10-6-7-11-16(15)18(17)14-8-4-3-5-9-14;1-6-5-7(2)9(4)8(6)3;1-3-2;;;/h3-13H,1-2H3;6H,1-4H3;1-2H3;2*1H;/q2*-1;;;;+2/p-2. The number of halogens is 2. The van der Waals surface area contributed by atoms with Gasteiger partial charge >= 0.3 is 41.9 Å². The molecule has 176 valence electrons. The molecular formula is C29H36Cl2SiZr-2. The topological polar surface area (TPSA) is 0 Å². The summed E-state index contributed by atoms with van der Waals surface area (Å²) in [5.41, 5.74) is 8.63. The Kier molecular flexibility index (Phi) is 14.9. The summed E-state index contributed by atoms with van der Waals surface area (Å²) in [6.07, 6.45) is 3.36. The molecule has 0 heterocycles. The zero-order valence-electron chi connectivity index (χ0n) is 21.2. The predicted octanol–water partition coefficient (Wildman–Crippen LogP) is 2.86. The number of fused-ring (bicyclic) bond motifs is 1. The van der Waals surface area contributed by atoms with Crippen LogP contribution < -0.4 is 24.8 Å². The first kappa shape index (κ1) is 32.2. The quantitative estimate of drug-likeness (QED) is 0.326. The molecule has 0 saturated heterocycles. The summed E-state index contributed by atoms with van der Waals surface area (Å²) in [6, 6.07) is 21.7. The van der Waals surface area contributed by atoms with Gasteiger partial charge in [0.1, 0.15) is 0 Å². The van der Waals surface area contributed by atoms with Crippen LogP contribution in [-0.2, 0) is 23.3 Å². The second-order valence-corrected chi connectivity index (χ2v) is 18.3. The maximum absolute atomic E-state index is 3.36. The summed E-state index contributed by atoms with van der Waals surface area (Å²) >= 11 is 1.74. The van der Waals surface area contributed by atoms with Crippen molar-refractivity contribution in [3.8, 4) is 11.1 Å². The molecule has 3 aromatic carbocycles. The van der Waals surface area contributed by atoms with Crippen LogP contribution in [0.25, 0.3) is 21.9 Å². The van der Waals surface area contributed by atoms with E-state index < -0.39 is 0 Å². The van der Waals surface area contributed by atoms with Gasteiger partial charge in [-0.05, 0) is 5.92 Å². The summed E-state index contributed by atoms with van der Waals surface area (Å²) in [5, 5.41) is 2.72.